The Morgan fingerprint density at radius 1 is 1.14 bits per heavy atom. The third-order valence-corrected chi connectivity index (χ3v) is 5.05. The van der Waals surface area contributed by atoms with Gasteiger partial charge in [-0.15, -0.1) is 10.2 Å². The highest BCUT2D eigenvalue weighted by Crippen LogP contribution is 2.29. The van der Waals surface area contributed by atoms with Crippen LogP contribution < -0.4 is 10.1 Å². The number of benzene rings is 2. The van der Waals surface area contributed by atoms with E-state index in [0.29, 0.717) is 34.2 Å². The monoisotopic (exact) mass is 419 g/mol. The van der Waals surface area contributed by atoms with Crippen molar-refractivity contribution in [1.82, 2.24) is 10.2 Å². The van der Waals surface area contributed by atoms with Crippen molar-refractivity contribution in [2.45, 2.75) is 25.6 Å². The van der Waals surface area contributed by atoms with E-state index in [4.69, 9.17) is 32.4 Å². The van der Waals surface area contributed by atoms with E-state index in [2.05, 4.69) is 15.5 Å². The predicted octanol–water partition coefficient (Wildman–Crippen LogP) is 3.92. The molecule has 2 aromatic carbocycles. The molecule has 4 rings (SSSR count). The molecule has 0 radical (unpaired) electrons. The zero-order valence-electron chi connectivity index (χ0n) is 14.5. The van der Waals surface area contributed by atoms with Gasteiger partial charge in [-0.3, -0.25) is 4.79 Å². The Morgan fingerprint density at radius 3 is 2.82 bits per heavy atom. The number of nitrogens with one attached hydrogen (secondary N) is 1. The Bertz CT molecular complexity index is 1040. The van der Waals surface area contributed by atoms with Crippen molar-refractivity contribution in [3.05, 3.63) is 69.4 Å². The summed E-state index contributed by atoms with van der Waals surface area (Å²) in [4.78, 5) is 11.4. The Hall–Kier alpha value is -2.61. The molecule has 3 aromatic rings. The minimum absolute atomic E-state index is 0.0140. The van der Waals surface area contributed by atoms with Gasteiger partial charge >= 0.3 is 0 Å². The second-order valence-corrected chi connectivity index (χ2v) is 7.08. The number of rotatable bonds is 5. The molecule has 1 unspecified atom stereocenters. The van der Waals surface area contributed by atoms with E-state index in [1.165, 1.54) is 0 Å². The Morgan fingerprint density at radius 2 is 2.00 bits per heavy atom. The third kappa shape index (κ3) is 3.96. The highest BCUT2D eigenvalue weighted by Gasteiger charge is 2.20. The zero-order chi connectivity index (χ0) is 19.7. The smallest absolute Gasteiger partial charge is 0.254 e. The summed E-state index contributed by atoms with van der Waals surface area (Å²) in [7, 11) is 0. The number of hydrogen-bond acceptors (Lipinski definition) is 6. The molecular formula is C19H15Cl2N3O4. The molecule has 7 nitrogen and oxygen atoms in total. The van der Waals surface area contributed by atoms with E-state index in [1.807, 2.05) is 6.07 Å². The van der Waals surface area contributed by atoms with Crippen molar-refractivity contribution < 1.29 is 19.1 Å². The van der Waals surface area contributed by atoms with Gasteiger partial charge in [-0.1, -0.05) is 29.3 Å². The van der Waals surface area contributed by atoms with Crippen LogP contribution in [0.25, 0.3) is 0 Å². The lowest BCUT2D eigenvalue weighted by atomic mass is 10.0. The van der Waals surface area contributed by atoms with Gasteiger partial charge in [-0.25, -0.2) is 0 Å². The van der Waals surface area contributed by atoms with Crippen LogP contribution in [-0.2, 0) is 17.8 Å². The molecule has 0 spiro atoms. The van der Waals surface area contributed by atoms with E-state index < -0.39 is 6.10 Å². The van der Waals surface area contributed by atoms with Crippen LogP contribution in [-0.4, -0.2) is 21.2 Å². The number of aryl methyl sites for hydroxylation is 1. The average Bonchev–Trinajstić information content (AvgIpc) is 3.17. The van der Waals surface area contributed by atoms with E-state index in [0.717, 1.165) is 11.3 Å². The number of ether oxygens (including phenoxy) is 1. The fourth-order valence-electron chi connectivity index (χ4n) is 2.86. The lowest BCUT2D eigenvalue weighted by molar-refractivity contribution is -0.116. The van der Waals surface area contributed by atoms with Crippen molar-refractivity contribution in [3.63, 3.8) is 0 Å². The van der Waals surface area contributed by atoms with Gasteiger partial charge < -0.3 is 19.6 Å². The molecule has 0 saturated heterocycles. The SMILES string of the molecule is O=C1CCc2cc(OCc3nnc(C(O)c4ccc(Cl)c(Cl)c4)o3)ccc2N1. The largest absolute Gasteiger partial charge is 0.484 e. The molecule has 0 fully saturated rings. The van der Waals surface area contributed by atoms with E-state index >= 15 is 0 Å². The van der Waals surface area contributed by atoms with Crippen LogP contribution in [0.4, 0.5) is 5.69 Å². The normalized spacial score (nSPS) is 14.3. The van der Waals surface area contributed by atoms with E-state index in [-0.39, 0.29) is 24.3 Å². The molecular weight excluding hydrogens is 405 g/mol. The number of carbonyl (C=O) groups excluding carboxylic acids is 1. The Labute approximate surface area is 170 Å². The third-order valence-electron chi connectivity index (χ3n) is 4.31. The Kier molecular flexibility index (Phi) is 5.21. The molecule has 1 amide bonds. The van der Waals surface area contributed by atoms with Crippen molar-refractivity contribution in [2.75, 3.05) is 5.32 Å². The van der Waals surface area contributed by atoms with Crippen LogP contribution in [0.1, 0.15) is 35.4 Å². The summed E-state index contributed by atoms with van der Waals surface area (Å²) < 4.78 is 11.2. The topological polar surface area (TPSA) is 97.5 Å². The van der Waals surface area contributed by atoms with Crippen LogP contribution in [0.2, 0.25) is 10.0 Å². The molecule has 1 aromatic heterocycles. The summed E-state index contributed by atoms with van der Waals surface area (Å²) in [6.07, 6.45) is -0.00185. The first-order chi connectivity index (χ1) is 13.5. The minimum Gasteiger partial charge on any atom is -0.484 e. The van der Waals surface area contributed by atoms with Crippen molar-refractivity contribution >= 4 is 34.8 Å². The minimum atomic E-state index is -1.12. The van der Waals surface area contributed by atoms with Crippen LogP contribution >= 0.6 is 23.2 Å². The van der Waals surface area contributed by atoms with Crippen molar-refractivity contribution in [2.24, 2.45) is 0 Å². The second kappa shape index (κ2) is 7.79. The highest BCUT2D eigenvalue weighted by molar-refractivity contribution is 6.42. The maximum Gasteiger partial charge on any atom is 0.254 e. The molecule has 1 atom stereocenters. The number of fused-ring (bicyclic) bond motifs is 1. The molecule has 2 heterocycles. The zero-order valence-corrected chi connectivity index (χ0v) is 16.0. The van der Waals surface area contributed by atoms with Gasteiger partial charge in [0.25, 0.3) is 5.89 Å². The summed E-state index contributed by atoms with van der Waals surface area (Å²) in [6.45, 7) is 0.0479. The van der Waals surface area contributed by atoms with Crippen LogP contribution in [0.5, 0.6) is 5.75 Å². The Balaban J connectivity index is 1.42. The molecule has 28 heavy (non-hydrogen) atoms. The van der Waals surface area contributed by atoms with Crippen LogP contribution in [0.3, 0.4) is 0 Å². The molecule has 0 saturated carbocycles. The number of halogens is 2. The van der Waals surface area contributed by atoms with Gasteiger partial charge in [0.15, 0.2) is 12.7 Å². The number of anilines is 1. The first-order valence-electron chi connectivity index (χ1n) is 8.50. The predicted molar refractivity (Wildman–Crippen MR) is 103 cm³/mol. The fourth-order valence-corrected chi connectivity index (χ4v) is 3.16. The number of aliphatic hydroxyl groups excluding tert-OH is 1. The second-order valence-electron chi connectivity index (χ2n) is 6.27. The first kappa shape index (κ1) is 18.7. The summed E-state index contributed by atoms with van der Waals surface area (Å²) in [5, 5.41) is 21.7. The quantitative estimate of drug-likeness (QED) is 0.650. The number of aromatic nitrogens is 2. The average molecular weight is 420 g/mol. The molecule has 144 valence electrons. The lowest BCUT2D eigenvalue weighted by Gasteiger charge is -2.17. The number of nitrogens with zero attached hydrogens (tertiary/aromatic N) is 2. The molecule has 9 heteroatoms. The number of hydrogen-bond donors (Lipinski definition) is 2. The molecule has 1 aliphatic heterocycles. The first-order valence-corrected chi connectivity index (χ1v) is 9.26. The van der Waals surface area contributed by atoms with Crippen molar-refractivity contribution in [1.29, 1.82) is 0 Å². The summed E-state index contributed by atoms with van der Waals surface area (Å²) in [5.74, 6) is 0.894. The molecule has 0 bridgehead atoms. The molecule has 2 N–H and O–H groups in total. The summed E-state index contributed by atoms with van der Waals surface area (Å²) in [6, 6.07) is 10.2. The number of aliphatic hydroxyl groups is 1. The number of carbonyl (C=O) groups is 1. The van der Waals surface area contributed by atoms with Crippen LogP contribution in [0, 0.1) is 0 Å². The maximum atomic E-state index is 11.4. The van der Waals surface area contributed by atoms with E-state index in [1.54, 1.807) is 30.3 Å². The van der Waals surface area contributed by atoms with E-state index in [9.17, 15) is 9.90 Å². The van der Waals surface area contributed by atoms with Crippen molar-refractivity contribution in [3.8, 4) is 5.75 Å². The van der Waals surface area contributed by atoms with Gasteiger partial charge in [0.05, 0.1) is 10.0 Å². The highest BCUT2D eigenvalue weighted by atomic mass is 35.5. The van der Waals surface area contributed by atoms with Gasteiger partial charge in [-0.2, -0.15) is 0 Å². The van der Waals surface area contributed by atoms with Gasteiger partial charge in [-0.05, 0) is 47.9 Å². The molecule has 0 aliphatic carbocycles. The lowest BCUT2D eigenvalue weighted by Crippen LogP contribution is -2.18. The van der Waals surface area contributed by atoms with Gasteiger partial charge in [0, 0.05) is 12.1 Å². The number of amides is 1. The van der Waals surface area contributed by atoms with Gasteiger partial charge in [0.2, 0.25) is 11.8 Å². The fraction of sp³-hybridized carbons (Fsp3) is 0.211. The van der Waals surface area contributed by atoms with Gasteiger partial charge in [0.1, 0.15) is 5.75 Å². The van der Waals surface area contributed by atoms with Crippen LogP contribution in [0.15, 0.2) is 40.8 Å². The standard InChI is InChI=1S/C19H15Cl2N3O4/c20-13-4-1-11(8-14(13)21)18(26)19-24-23-17(28-19)9-27-12-3-5-15-10(7-12)2-6-16(25)22-15/h1,3-5,7-8,18,26H,2,6,9H2,(H,22,25). The maximum absolute atomic E-state index is 11.4. The summed E-state index contributed by atoms with van der Waals surface area (Å²) >= 11 is 11.9. The molecule has 1 aliphatic rings. The summed E-state index contributed by atoms with van der Waals surface area (Å²) in [5.41, 5.74) is 2.30.